The standard InChI is InChI=1S/C9H12N4/c1-7-9(4-5-10)11-12-13(7)6-8-2-3-8/h8H,2-4,6H2,1H3. The highest BCUT2D eigenvalue weighted by molar-refractivity contribution is 5.12. The fourth-order valence-electron chi connectivity index (χ4n) is 1.35. The summed E-state index contributed by atoms with van der Waals surface area (Å²) < 4.78 is 1.92. The largest absolute Gasteiger partial charge is 0.249 e. The van der Waals surface area contributed by atoms with Crippen LogP contribution in [0.2, 0.25) is 0 Å². The quantitative estimate of drug-likeness (QED) is 0.692. The molecule has 1 fully saturated rings. The van der Waals surface area contributed by atoms with Crippen LogP contribution < -0.4 is 0 Å². The second kappa shape index (κ2) is 3.17. The van der Waals surface area contributed by atoms with Crippen molar-refractivity contribution in [3.63, 3.8) is 0 Å². The van der Waals surface area contributed by atoms with E-state index in [1.807, 2.05) is 11.6 Å². The lowest BCUT2D eigenvalue weighted by Crippen LogP contribution is -2.04. The molecule has 0 unspecified atom stereocenters. The third-order valence-electron chi connectivity index (χ3n) is 2.45. The molecule has 1 heterocycles. The fraction of sp³-hybridized carbons (Fsp3) is 0.667. The molecule has 0 atom stereocenters. The molecule has 1 aliphatic rings. The molecule has 4 nitrogen and oxygen atoms in total. The van der Waals surface area contributed by atoms with Gasteiger partial charge in [-0.05, 0) is 25.7 Å². The molecule has 13 heavy (non-hydrogen) atoms. The first-order valence-corrected chi connectivity index (χ1v) is 4.57. The van der Waals surface area contributed by atoms with Gasteiger partial charge in [0, 0.05) is 6.54 Å². The summed E-state index contributed by atoms with van der Waals surface area (Å²) in [7, 11) is 0. The van der Waals surface area contributed by atoms with E-state index < -0.39 is 0 Å². The van der Waals surface area contributed by atoms with Crippen molar-refractivity contribution in [2.24, 2.45) is 5.92 Å². The first-order valence-electron chi connectivity index (χ1n) is 4.57. The van der Waals surface area contributed by atoms with Crippen molar-refractivity contribution in [2.45, 2.75) is 32.7 Å². The van der Waals surface area contributed by atoms with Crippen LogP contribution in [0, 0.1) is 24.2 Å². The summed E-state index contributed by atoms with van der Waals surface area (Å²) in [4.78, 5) is 0. The Balaban J connectivity index is 2.12. The van der Waals surface area contributed by atoms with E-state index in [9.17, 15) is 0 Å². The summed E-state index contributed by atoms with van der Waals surface area (Å²) in [6.07, 6.45) is 3.00. The number of hydrogen-bond donors (Lipinski definition) is 0. The monoisotopic (exact) mass is 176 g/mol. The van der Waals surface area contributed by atoms with Crippen molar-refractivity contribution in [2.75, 3.05) is 0 Å². The van der Waals surface area contributed by atoms with E-state index in [1.165, 1.54) is 12.8 Å². The molecule has 1 saturated carbocycles. The zero-order valence-corrected chi connectivity index (χ0v) is 7.69. The van der Waals surface area contributed by atoms with Crippen LogP contribution in [0.15, 0.2) is 0 Å². The molecule has 1 aromatic heterocycles. The molecule has 1 aromatic rings. The minimum atomic E-state index is 0.372. The zero-order valence-electron chi connectivity index (χ0n) is 7.69. The molecular formula is C9H12N4. The highest BCUT2D eigenvalue weighted by Gasteiger charge is 2.23. The smallest absolute Gasteiger partial charge is 0.0996 e. The molecule has 1 aliphatic carbocycles. The van der Waals surface area contributed by atoms with Gasteiger partial charge in [-0.2, -0.15) is 5.26 Å². The van der Waals surface area contributed by atoms with Crippen molar-refractivity contribution in [1.82, 2.24) is 15.0 Å². The molecule has 4 heteroatoms. The third kappa shape index (κ3) is 1.69. The van der Waals surface area contributed by atoms with Crippen LogP contribution in [0.3, 0.4) is 0 Å². The van der Waals surface area contributed by atoms with Gasteiger partial charge < -0.3 is 0 Å². The van der Waals surface area contributed by atoms with E-state index >= 15 is 0 Å². The van der Waals surface area contributed by atoms with Crippen LogP contribution in [0.1, 0.15) is 24.2 Å². The van der Waals surface area contributed by atoms with Gasteiger partial charge in [-0.3, -0.25) is 0 Å². The summed E-state index contributed by atoms with van der Waals surface area (Å²) in [6.45, 7) is 2.96. The third-order valence-corrected chi connectivity index (χ3v) is 2.45. The van der Waals surface area contributed by atoms with Crippen molar-refractivity contribution >= 4 is 0 Å². The highest BCUT2D eigenvalue weighted by Crippen LogP contribution is 2.30. The van der Waals surface area contributed by atoms with E-state index in [1.54, 1.807) is 0 Å². The van der Waals surface area contributed by atoms with E-state index in [0.29, 0.717) is 6.42 Å². The molecule has 68 valence electrons. The maximum Gasteiger partial charge on any atom is 0.0996 e. The second-order valence-electron chi connectivity index (χ2n) is 3.58. The Kier molecular flexibility index (Phi) is 2.01. The molecule has 0 amide bonds. The van der Waals surface area contributed by atoms with E-state index in [2.05, 4.69) is 16.4 Å². The maximum atomic E-state index is 8.52. The van der Waals surface area contributed by atoms with Gasteiger partial charge in [0.05, 0.1) is 23.9 Å². The molecular weight excluding hydrogens is 164 g/mol. The van der Waals surface area contributed by atoms with Crippen LogP contribution in [-0.2, 0) is 13.0 Å². The van der Waals surface area contributed by atoms with Crippen LogP contribution in [0.4, 0.5) is 0 Å². The van der Waals surface area contributed by atoms with Crippen molar-refractivity contribution in [3.05, 3.63) is 11.4 Å². The summed E-state index contributed by atoms with van der Waals surface area (Å²) in [5.41, 5.74) is 1.87. The predicted octanol–water partition coefficient (Wildman–Crippen LogP) is 1.06. The Hall–Kier alpha value is -1.37. The summed E-state index contributed by atoms with van der Waals surface area (Å²) in [5, 5.41) is 16.5. The van der Waals surface area contributed by atoms with Crippen LogP contribution in [0.5, 0.6) is 0 Å². The van der Waals surface area contributed by atoms with Crippen molar-refractivity contribution < 1.29 is 0 Å². The van der Waals surface area contributed by atoms with Gasteiger partial charge in [0.2, 0.25) is 0 Å². The molecule has 0 radical (unpaired) electrons. The first-order chi connectivity index (χ1) is 6.31. The zero-order chi connectivity index (χ0) is 9.26. The second-order valence-corrected chi connectivity index (χ2v) is 3.58. The van der Waals surface area contributed by atoms with Crippen LogP contribution >= 0.6 is 0 Å². The first kappa shape index (κ1) is 8.24. The van der Waals surface area contributed by atoms with Gasteiger partial charge in [-0.15, -0.1) is 5.10 Å². The molecule has 0 N–H and O–H groups in total. The molecule has 0 saturated heterocycles. The fourth-order valence-corrected chi connectivity index (χ4v) is 1.35. The van der Waals surface area contributed by atoms with Gasteiger partial charge in [0.15, 0.2) is 0 Å². The van der Waals surface area contributed by atoms with Crippen molar-refractivity contribution in [3.8, 4) is 6.07 Å². The molecule has 0 spiro atoms. The Morgan fingerprint density at radius 3 is 3.00 bits per heavy atom. The van der Waals surface area contributed by atoms with Crippen LogP contribution in [0.25, 0.3) is 0 Å². The minimum Gasteiger partial charge on any atom is -0.249 e. The number of nitriles is 1. The minimum absolute atomic E-state index is 0.372. The summed E-state index contributed by atoms with van der Waals surface area (Å²) in [6, 6.07) is 2.09. The Morgan fingerprint density at radius 1 is 1.62 bits per heavy atom. The lowest BCUT2D eigenvalue weighted by Gasteiger charge is -1.99. The maximum absolute atomic E-state index is 8.52. The normalized spacial score (nSPS) is 15.7. The lowest BCUT2D eigenvalue weighted by molar-refractivity contribution is 0.532. The highest BCUT2D eigenvalue weighted by atomic mass is 15.4. The van der Waals surface area contributed by atoms with Gasteiger partial charge in [-0.25, -0.2) is 4.68 Å². The summed E-state index contributed by atoms with van der Waals surface area (Å²) in [5.74, 6) is 0.801. The molecule has 2 rings (SSSR count). The Bertz CT molecular complexity index is 343. The average molecular weight is 176 g/mol. The molecule has 0 bridgehead atoms. The topological polar surface area (TPSA) is 54.5 Å². The predicted molar refractivity (Wildman–Crippen MR) is 46.8 cm³/mol. The lowest BCUT2D eigenvalue weighted by atomic mass is 10.3. The van der Waals surface area contributed by atoms with Crippen molar-refractivity contribution in [1.29, 1.82) is 5.26 Å². The SMILES string of the molecule is Cc1c(CC#N)nnn1CC1CC1. The molecule has 0 aromatic carbocycles. The number of hydrogen-bond acceptors (Lipinski definition) is 3. The van der Waals surface area contributed by atoms with E-state index in [4.69, 9.17) is 5.26 Å². The average Bonchev–Trinajstić information content (AvgIpc) is 2.86. The number of aromatic nitrogens is 3. The van der Waals surface area contributed by atoms with Gasteiger partial charge in [0.1, 0.15) is 0 Å². The van der Waals surface area contributed by atoms with E-state index in [-0.39, 0.29) is 0 Å². The number of rotatable bonds is 3. The van der Waals surface area contributed by atoms with E-state index in [0.717, 1.165) is 23.9 Å². The van der Waals surface area contributed by atoms with Gasteiger partial charge >= 0.3 is 0 Å². The van der Waals surface area contributed by atoms with Gasteiger partial charge in [-0.1, -0.05) is 5.21 Å². The Labute approximate surface area is 77.2 Å². The Morgan fingerprint density at radius 2 is 2.38 bits per heavy atom. The molecule has 0 aliphatic heterocycles. The summed E-state index contributed by atoms with van der Waals surface area (Å²) >= 11 is 0. The number of nitrogens with zero attached hydrogens (tertiary/aromatic N) is 4. The van der Waals surface area contributed by atoms with Gasteiger partial charge in [0.25, 0.3) is 0 Å². The van der Waals surface area contributed by atoms with Crippen LogP contribution in [-0.4, -0.2) is 15.0 Å².